The quantitative estimate of drug-likeness (QED) is 0.556. The number of carbonyl (C=O) groups is 1. The number of anilines is 2. The molecule has 5 N–H and O–H groups in total. The molecule has 0 bridgehead atoms. The van der Waals surface area contributed by atoms with Crippen LogP contribution in [0.1, 0.15) is 10.4 Å². The fraction of sp³-hybridized carbons (Fsp3) is 0.364. The molecular formula is C11H14F3N3O2. The Morgan fingerprint density at radius 2 is 2.00 bits per heavy atom. The largest absolute Gasteiger partial charge is 0.411 e. The van der Waals surface area contributed by atoms with Crippen molar-refractivity contribution in [2.45, 2.75) is 6.18 Å². The average molecular weight is 277 g/mol. The van der Waals surface area contributed by atoms with Gasteiger partial charge in [0.15, 0.2) is 0 Å². The van der Waals surface area contributed by atoms with E-state index in [0.717, 1.165) is 0 Å². The SMILES string of the molecule is Nc1ccc(C(=O)NCCOCC(F)(F)F)c(N)c1. The maximum Gasteiger partial charge on any atom is 0.411 e. The van der Waals surface area contributed by atoms with Crippen molar-refractivity contribution in [3.8, 4) is 0 Å². The van der Waals surface area contributed by atoms with Gasteiger partial charge in [-0.25, -0.2) is 0 Å². The molecule has 0 atom stereocenters. The molecule has 5 nitrogen and oxygen atoms in total. The average Bonchev–Trinajstić information content (AvgIpc) is 2.26. The summed E-state index contributed by atoms with van der Waals surface area (Å²) in [5, 5.41) is 2.39. The highest BCUT2D eigenvalue weighted by Crippen LogP contribution is 2.15. The van der Waals surface area contributed by atoms with Crippen LogP contribution < -0.4 is 16.8 Å². The molecule has 19 heavy (non-hydrogen) atoms. The minimum absolute atomic E-state index is 0.0429. The lowest BCUT2D eigenvalue weighted by Gasteiger charge is -2.09. The summed E-state index contributed by atoms with van der Waals surface area (Å²) in [6.07, 6.45) is -4.37. The van der Waals surface area contributed by atoms with E-state index in [2.05, 4.69) is 10.1 Å². The molecule has 0 aromatic heterocycles. The van der Waals surface area contributed by atoms with Gasteiger partial charge in [0.05, 0.1) is 12.2 Å². The maximum atomic E-state index is 11.8. The van der Waals surface area contributed by atoms with Gasteiger partial charge in [-0.05, 0) is 18.2 Å². The third-order valence-corrected chi connectivity index (χ3v) is 2.12. The Kier molecular flexibility index (Phi) is 4.99. The Balaban J connectivity index is 2.36. The third-order valence-electron chi connectivity index (χ3n) is 2.12. The molecule has 1 aromatic carbocycles. The zero-order chi connectivity index (χ0) is 14.5. The van der Waals surface area contributed by atoms with Crippen LogP contribution in [0.3, 0.4) is 0 Å². The molecule has 0 spiro atoms. The van der Waals surface area contributed by atoms with Crippen LogP contribution in [0.15, 0.2) is 18.2 Å². The number of alkyl halides is 3. The number of amides is 1. The summed E-state index contributed by atoms with van der Waals surface area (Å²) < 4.78 is 39.6. The highest BCUT2D eigenvalue weighted by Gasteiger charge is 2.27. The summed E-state index contributed by atoms with van der Waals surface area (Å²) in [6.45, 7) is -1.62. The Bertz CT molecular complexity index is 449. The molecule has 1 rings (SSSR count). The summed E-state index contributed by atoms with van der Waals surface area (Å²) >= 11 is 0. The summed E-state index contributed by atoms with van der Waals surface area (Å²) in [5.74, 6) is -0.492. The molecule has 0 aliphatic carbocycles. The summed E-state index contributed by atoms with van der Waals surface area (Å²) in [4.78, 5) is 11.6. The van der Waals surface area contributed by atoms with Gasteiger partial charge in [0.1, 0.15) is 6.61 Å². The molecular weight excluding hydrogens is 263 g/mol. The minimum atomic E-state index is -4.37. The zero-order valence-corrected chi connectivity index (χ0v) is 9.96. The van der Waals surface area contributed by atoms with E-state index in [4.69, 9.17) is 11.5 Å². The number of rotatable bonds is 5. The molecule has 1 aromatic rings. The summed E-state index contributed by atoms with van der Waals surface area (Å²) in [5.41, 5.74) is 11.9. The number of ether oxygens (including phenoxy) is 1. The summed E-state index contributed by atoms with van der Waals surface area (Å²) in [7, 11) is 0. The van der Waals surface area contributed by atoms with Gasteiger partial charge in [-0.15, -0.1) is 0 Å². The Morgan fingerprint density at radius 1 is 1.32 bits per heavy atom. The van der Waals surface area contributed by atoms with Crippen molar-refractivity contribution in [2.24, 2.45) is 0 Å². The van der Waals surface area contributed by atoms with E-state index >= 15 is 0 Å². The highest BCUT2D eigenvalue weighted by molar-refractivity contribution is 5.99. The molecule has 0 saturated carbocycles. The van der Waals surface area contributed by atoms with Gasteiger partial charge >= 0.3 is 6.18 Å². The number of halogens is 3. The standard InChI is InChI=1S/C11H14F3N3O2/c12-11(13,14)6-19-4-3-17-10(18)8-2-1-7(15)5-9(8)16/h1-2,5H,3-4,6,15-16H2,(H,17,18). The van der Waals surface area contributed by atoms with E-state index in [1.165, 1.54) is 18.2 Å². The van der Waals surface area contributed by atoms with Crippen LogP contribution in [-0.2, 0) is 4.74 Å². The highest BCUT2D eigenvalue weighted by atomic mass is 19.4. The fourth-order valence-electron chi connectivity index (χ4n) is 1.31. The van der Waals surface area contributed by atoms with Crippen molar-refractivity contribution in [3.05, 3.63) is 23.8 Å². The van der Waals surface area contributed by atoms with Crippen LogP contribution >= 0.6 is 0 Å². The van der Waals surface area contributed by atoms with Crippen molar-refractivity contribution < 1.29 is 22.7 Å². The first-order valence-electron chi connectivity index (χ1n) is 5.37. The second-order valence-corrected chi connectivity index (χ2v) is 3.77. The first kappa shape index (κ1) is 15.1. The van der Waals surface area contributed by atoms with Crippen LogP contribution in [0.5, 0.6) is 0 Å². The number of carbonyl (C=O) groups excluding carboxylic acids is 1. The molecule has 0 aliphatic heterocycles. The van der Waals surface area contributed by atoms with Gasteiger partial charge in [0.2, 0.25) is 0 Å². The van der Waals surface area contributed by atoms with Crippen LogP contribution in [0.2, 0.25) is 0 Å². The van der Waals surface area contributed by atoms with Crippen molar-refractivity contribution in [3.63, 3.8) is 0 Å². The van der Waals surface area contributed by atoms with E-state index in [0.29, 0.717) is 5.69 Å². The van der Waals surface area contributed by atoms with E-state index < -0.39 is 18.7 Å². The molecule has 1 amide bonds. The van der Waals surface area contributed by atoms with Gasteiger partial charge in [-0.3, -0.25) is 4.79 Å². The maximum absolute atomic E-state index is 11.8. The van der Waals surface area contributed by atoms with E-state index in [1.54, 1.807) is 0 Å². The monoisotopic (exact) mass is 277 g/mol. The second-order valence-electron chi connectivity index (χ2n) is 3.77. The lowest BCUT2D eigenvalue weighted by atomic mass is 10.1. The first-order chi connectivity index (χ1) is 8.79. The molecule has 8 heteroatoms. The number of hydrogen-bond acceptors (Lipinski definition) is 4. The van der Waals surface area contributed by atoms with Gasteiger partial charge < -0.3 is 21.5 Å². The number of nitrogen functional groups attached to an aromatic ring is 2. The lowest BCUT2D eigenvalue weighted by molar-refractivity contribution is -0.173. The van der Waals surface area contributed by atoms with Crippen molar-refractivity contribution in [2.75, 3.05) is 31.2 Å². The van der Waals surface area contributed by atoms with Gasteiger partial charge in [-0.2, -0.15) is 13.2 Å². The van der Waals surface area contributed by atoms with Crippen molar-refractivity contribution in [1.82, 2.24) is 5.32 Å². The molecule has 106 valence electrons. The second kappa shape index (κ2) is 6.28. The molecule has 0 heterocycles. The van der Waals surface area contributed by atoms with Gasteiger partial charge in [0.25, 0.3) is 5.91 Å². The molecule has 0 unspecified atom stereocenters. The molecule has 0 aliphatic rings. The predicted molar refractivity (Wildman–Crippen MR) is 64.5 cm³/mol. The predicted octanol–water partition coefficient (Wildman–Crippen LogP) is 1.16. The molecule has 0 fully saturated rings. The van der Waals surface area contributed by atoms with Gasteiger partial charge in [0, 0.05) is 17.9 Å². The fourth-order valence-corrected chi connectivity index (χ4v) is 1.31. The minimum Gasteiger partial charge on any atom is -0.399 e. The Labute approximate surface area is 107 Å². The van der Waals surface area contributed by atoms with E-state index in [1.807, 2.05) is 0 Å². The Morgan fingerprint density at radius 3 is 2.58 bits per heavy atom. The van der Waals surface area contributed by atoms with Crippen LogP contribution in [0.25, 0.3) is 0 Å². The number of nitrogens with one attached hydrogen (secondary N) is 1. The van der Waals surface area contributed by atoms with Crippen molar-refractivity contribution in [1.29, 1.82) is 0 Å². The Hall–Kier alpha value is -1.96. The van der Waals surface area contributed by atoms with E-state index in [-0.39, 0.29) is 24.4 Å². The summed E-state index contributed by atoms with van der Waals surface area (Å²) in [6, 6.07) is 4.37. The number of hydrogen-bond donors (Lipinski definition) is 3. The first-order valence-corrected chi connectivity index (χ1v) is 5.37. The van der Waals surface area contributed by atoms with E-state index in [9.17, 15) is 18.0 Å². The lowest BCUT2D eigenvalue weighted by Crippen LogP contribution is -2.29. The van der Waals surface area contributed by atoms with Gasteiger partial charge in [-0.1, -0.05) is 0 Å². The smallest absolute Gasteiger partial charge is 0.399 e. The zero-order valence-electron chi connectivity index (χ0n) is 9.96. The number of benzene rings is 1. The van der Waals surface area contributed by atoms with Crippen LogP contribution in [0, 0.1) is 0 Å². The third kappa shape index (κ3) is 5.47. The number of nitrogens with two attached hydrogens (primary N) is 2. The molecule has 0 saturated heterocycles. The van der Waals surface area contributed by atoms with Crippen LogP contribution in [-0.4, -0.2) is 31.8 Å². The molecule has 0 radical (unpaired) electrons. The normalized spacial score (nSPS) is 11.3. The topological polar surface area (TPSA) is 90.4 Å². The van der Waals surface area contributed by atoms with Crippen molar-refractivity contribution >= 4 is 17.3 Å². The van der Waals surface area contributed by atoms with Crippen LogP contribution in [0.4, 0.5) is 24.5 Å².